The van der Waals surface area contributed by atoms with E-state index in [9.17, 15) is 9.18 Å². The summed E-state index contributed by atoms with van der Waals surface area (Å²) in [7, 11) is 0. The second kappa shape index (κ2) is 6.96. The zero-order valence-electron chi connectivity index (χ0n) is 13.2. The smallest absolute Gasteiger partial charge is 0.410 e. The molecule has 1 aromatic rings. The molecule has 0 atom stereocenters. The van der Waals surface area contributed by atoms with Crippen LogP contribution in [0.15, 0.2) is 22.7 Å². The normalized spacial score (nSPS) is 16.7. The minimum Gasteiger partial charge on any atom is -0.444 e. The number of rotatable bonds is 2. The summed E-state index contributed by atoms with van der Waals surface area (Å²) in [6.45, 7) is 9.02. The Bertz CT molecular complexity index is 537. The van der Waals surface area contributed by atoms with Gasteiger partial charge >= 0.3 is 6.09 Å². The lowest BCUT2D eigenvalue weighted by atomic mass is 10.2. The van der Waals surface area contributed by atoms with E-state index in [1.54, 1.807) is 11.0 Å². The van der Waals surface area contributed by atoms with Crippen LogP contribution in [-0.2, 0) is 11.3 Å². The third-order valence-corrected chi connectivity index (χ3v) is 4.34. The molecule has 0 aromatic heterocycles. The monoisotopic (exact) mass is 372 g/mol. The molecule has 1 aliphatic rings. The number of hydrogen-bond acceptors (Lipinski definition) is 3. The first-order valence-corrected chi connectivity index (χ1v) is 8.19. The Balaban J connectivity index is 1.87. The van der Waals surface area contributed by atoms with Gasteiger partial charge in [0.25, 0.3) is 0 Å². The van der Waals surface area contributed by atoms with E-state index < -0.39 is 5.60 Å². The lowest BCUT2D eigenvalue weighted by Gasteiger charge is -2.35. The molecular formula is C16H22BrFN2O2. The van der Waals surface area contributed by atoms with E-state index in [1.807, 2.05) is 26.8 Å². The molecule has 1 saturated heterocycles. The summed E-state index contributed by atoms with van der Waals surface area (Å²) in [4.78, 5) is 15.9. The zero-order valence-corrected chi connectivity index (χ0v) is 14.8. The number of amides is 1. The first-order valence-electron chi connectivity index (χ1n) is 7.39. The van der Waals surface area contributed by atoms with Gasteiger partial charge < -0.3 is 9.64 Å². The second-order valence-electron chi connectivity index (χ2n) is 6.46. The number of piperazine rings is 1. The van der Waals surface area contributed by atoms with Gasteiger partial charge in [0, 0.05) is 32.7 Å². The molecular weight excluding hydrogens is 351 g/mol. The summed E-state index contributed by atoms with van der Waals surface area (Å²) in [6, 6.07) is 5.06. The molecule has 4 nitrogen and oxygen atoms in total. The van der Waals surface area contributed by atoms with Crippen LogP contribution < -0.4 is 0 Å². The number of nitrogens with zero attached hydrogens (tertiary/aromatic N) is 2. The lowest BCUT2D eigenvalue weighted by molar-refractivity contribution is 0.0139. The third-order valence-electron chi connectivity index (χ3n) is 3.45. The molecule has 1 fully saturated rings. The van der Waals surface area contributed by atoms with Crippen molar-refractivity contribution in [2.75, 3.05) is 26.2 Å². The number of benzene rings is 1. The lowest BCUT2D eigenvalue weighted by Crippen LogP contribution is -2.49. The van der Waals surface area contributed by atoms with Crippen LogP contribution in [0, 0.1) is 5.82 Å². The Kier molecular flexibility index (Phi) is 5.45. The SMILES string of the molecule is CC(C)(C)OC(=O)N1CCN(Cc2cccc(F)c2Br)CC1. The van der Waals surface area contributed by atoms with Crippen molar-refractivity contribution < 1.29 is 13.9 Å². The molecule has 1 heterocycles. The summed E-state index contributed by atoms with van der Waals surface area (Å²) >= 11 is 3.29. The van der Waals surface area contributed by atoms with Crippen molar-refractivity contribution in [3.8, 4) is 0 Å². The average molecular weight is 373 g/mol. The maximum absolute atomic E-state index is 13.5. The third kappa shape index (κ3) is 4.68. The van der Waals surface area contributed by atoms with Crippen molar-refractivity contribution in [2.45, 2.75) is 32.9 Å². The van der Waals surface area contributed by atoms with E-state index in [4.69, 9.17) is 4.74 Å². The Morgan fingerprint density at radius 1 is 1.27 bits per heavy atom. The second-order valence-corrected chi connectivity index (χ2v) is 7.25. The molecule has 0 N–H and O–H groups in total. The van der Waals surface area contributed by atoms with Crippen molar-refractivity contribution in [3.63, 3.8) is 0 Å². The summed E-state index contributed by atoms with van der Waals surface area (Å²) in [5.74, 6) is -0.245. The fourth-order valence-electron chi connectivity index (χ4n) is 2.33. The number of halogens is 2. The van der Waals surface area contributed by atoms with E-state index in [0.29, 0.717) is 24.1 Å². The van der Waals surface area contributed by atoms with Crippen molar-refractivity contribution in [1.29, 1.82) is 0 Å². The van der Waals surface area contributed by atoms with Gasteiger partial charge in [-0.25, -0.2) is 9.18 Å². The van der Waals surface area contributed by atoms with Crippen molar-refractivity contribution in [3.05, 3.63) is 34.1 Å². The highest BCUT2D eigenvalue weighted by atomic mass is 79.9. The molecule has 1 aromatic carbocycles. The molecule has 2 rings (SSSR count). The van der Waals surface area contributed by atoms with E-state index in [-0.39, 0.29) is 11.9 Å². The van der Waals surface area contributed by atoms with Gasteiger partial charge in [-0.3, -0.25) is 4.90 Å². The molecule has 0 bridgehead atoms. The van der Waals surface area contributed by atoms with Crippen LogP contribution in [0.1, 0.15) is 26.3 Å². The Labute approximate surface area is 139 Å². The summed E-state index contributed by atoms with van der Waals surface area (Å²) in [5, 5.41) is 0. The molecule has 0 spiro atoms. The van der Waals surface area contributed by atoms with E-state index in [1.165, 1.54) is 6.07 Å². The first-order chi connectivity index (χ1) is 10.3. The topological polar surface area (TPSA) is 32.8 Å². The van der Waals surface area contributed by atoms with Gasteiger partial charge in [0.2, 0.25) is 0 Å². The van der Waals surface area contributed by atoms with Gasteiger partial charge in [-0.15, -0.1) is 0 Å². The Morgan fingerprint density at radius 2 is 1.91 bits per heavy atom. The highest BCUT2D eigenvalue weighted by Crippen LogP contribution is 2.22. The van der Waals surface area contributed by atoms with Crippen molar-refractivity contribution in [1.82, 2.24) is 9.80 Å². The van der Waals surface area contributed by atoms with E-state index in [2.05, 4.69) is 20.8 Å². The molecule has 122 valence electrons. The largest absolute Gasteiger partial charge is 0.444 e. The molecule has 0 radical (unpaired) electrons. The van der Waals surface area contributed by atoms with Gasteiger partial charge in [0.05, 0.1) is 4.47 Å². The van der Waals surface area contributed by atoms with Gasteiger partial charge in [0.15, 0.2) is 0 Å². The fourth-order valence-corrected chi connectivity index (χ4v) is 2.72. The summed E-state index contributed by atoms with van der Waals surface area (Å²) in [5.41, 5.74) is 0.450. The molecule has 22 heavy (non-hydrogen) atoms. The Hall–Kier alpha value is -1.14. The van der Waals surface area contributed by atoms with Gasteiger partial charge in [0.1, 0.15) is 11.4 Å². The molecule has 0 saturated carbocycles. The Morgan fingerprint density at radius 3 is 2.50 bits per heavy atom. The number of carbonyl (C=O) groups is 1. The van der Waals surface area contributed by atoms with E-state index in [0.717, 1.165) is 18.7 Å². The molecule has 6 heteroatoms. The minimum atomic E-state index is -0.472. The molecule has 0 unspecified atom stereocenters. The molecule has 1 aliphatic heterocycles. The minimum absolute atomic E-state index is 0.245. The van der Waals surface area contributed by atoms with Crippen LogP contribution in [0.25, 0.3) is 0 Å². The van der Waals surface area contributed by atoms with Crippen LogP contribution in [0.2, 0.25) is 0 Å². The maximum Gasteiger partial charge on any atom is 0.410 e. The maximum atomic E-state index is 13.5. The first kappa shape index (κ1) is 17.2. The van der Waals surface area contributed by atoms with Crippen LogP contribution >= 0.6 is 15.9 Å². The van der Waals surface area contributed by atoms with Crippen LogP contribution in [0.5, 0.6) is 0 Å². The predicted molar refractivity (Wildman–Crippen MR) is 87.2 cm³/mol. The number of ether oxygens (including phenoxy) is 1. The standard InChI is InChI=1S/C16H22BrFN2O2/c1-16(2,3)22-15(21)20-9-7-19(8-10-20)11-12-5-4-6-13(18)14(12)17/h4-6H,7-11H2,1-3H3. The fraction of sp³-hybridized carbons (Fsp3) is 0.562. The zero-order chi connectivity index (χ0) is 16.3. The molecule has 0 aliphatic carbocycles. The van der Waals surface area contributed by atoms with Crippen LogP contribution in [0.4, 0.5) is 9.18 Å². The van der Waals surface area contributed by atoms with Crippen LogP contribution in [0.3, 0.4) is 0 Å². The summed E-state index contributed by atoms with van der Waals surface area (Å²) < 4.78 is 19.4. The van der Waals surface area contributed by atoms with Crippen LogP contribution in [-0.4, -0.2) is 47.7 Å². The highest BCUT2D eigenvalue weighted by molar-refractivity contribution is 9.10. The summed E-state index contributed by atoms with van der Waals surface area (Å²) in [6.07, 6.45) is -0.265. The van der Waals surface area contributed by atoms with Crippen molar-refractivity contribution >= 4 is 22.0 Å². The van der Waals surface area contributed by atoms with Crippen molar-refractivity contribution in [2.24, 2.45) is 0 Å². The average Bonchev–Trinajstić information content (AvgIpc) is 2.43. The molecule has 1 amide bonds. The van der Waals surface area contributed by atoms with Gasteiger partial charge in [-0.2, -0.15) is 0 Å². The predicted octanol–water partition coefficient (Wildman–Crippen LogP) is 3.64. The van der Waals surface area contributed by atoms with E-state index >= 15 is 0 Å². The van der Waals surface area contributed by atoms with Gasteiger partial charge in [-0.1, -0.05) is 12.1 Å². The number of carbonyl (C=O) groups excluding carboxylic acids is 1. The quantitative estimate of drug-likeness (QED) is 0.794. The highest BCUT2D eigenvalue weighted by Gasteiger charge is 2.26. The number of hydrogen-bond donors (Lipinski definition) is 0. The van der Waals surface area contributed by atoms with Gasteiger partial charge in [-0.05, 0) is 48.3 Å².